The molecule has 0 fully saturated rings. The highest BCUT2D eigenvalue weighted by Gasteiger charge is 2.73. The van der Waals surface area contributed by atoms with Gasteiger partial charge >= 0.3 is 17.6 Å². The predicted octanol–water partition coefficient (Wildman–Crippen LogP) is 2.06. The molecule has 0 heterocycles. The van der Waals surface area contributed by atoms with Gasteiger partial charge in [0.2, 0.25) is 9.52 Å². The van der Waals surface area contributed by atoms with Crippen molar-refractivity contribution < 1.29 is 40.2 Å². The molecule has 0 saturated heterocycles. The number of hydrogen-bond acceptors (Lipinski definition) is 2. The molecule has 0 spiro atoms. The zero-order valence-corrected chi connectivity index (χ0v) is 9.04. The molecular weight excluding hydrogens is 265 g/mol. The van der Waals surface area contributed by atoms with Crippen LogP contribution < -0.4 is 0 Å². The summed E-state index contributed by atoms with van der Waals surface area (Å²) in [7, 11) is -0.472. The van der Waals surface area contributed by atoms with Crippen molar-refractivity contribution in [2.45, 2.75) is 23.6 Å². The van der Waals surface area contributed by atoms with Crippen LogP contribution in [0.15, 0.2) is 0 Å². The van der Waals surface area contributed by atoms with Crippen LogP contribution in [-0.4, -0.2) is 47.3 Å². The highest BCUT2D eigenvalue weighted by atomic mass is 28.2. The Bertz CT molecular complexity index is 225. The lowest BCUT2D eigenvalue weighted by atomic mass is 10.3. The maximum atomic E-state index is 12.7. The lowest BCUT2D eigenvalue weighted by molar-refractivity contribution is -0.334. The predicted molar refractivity (Wildman–Crippen MR) is 39.5 cm³/mol. The smallest absolute Gasteiger partial charge is 0.360 e. The maximum Gasteiger partial charge on any atom is 0.459 e. The van der Waals surface area contributed by atoms with E-state index >= 15 is 0 Å². The minimum atomic E-state index is -6.32. The van der Waals surface area contributed by atoms with Crippen molar-refractivity contribution in [2.75, 3.05) is 14.2 Å². The molecule has 0 aromatic heterocycles. The minimum absolute atomic E-state index is 0.850. The Morgan fingerprint density at radius 3 is 1.50 bits per heavy atom. The Balaban J connectivity index is 4.90. The van der Waals surface area contributed by atoms with E-state index in [1.54, 1.807) is 0 Å². The monoisotopic (exact) mass is 272 g/mol. The number of rotatable bonds is 5. The molecular formula is C6H7F7O2Si. The molecule has 0 amide bonds. The van der Waals surface area contributed by atoms with Crippen molar-refractivity contribution in [1.29, 1.82) is 0 Å². The Morgan fingerprint density at radius 1 is 0.875 bits per heavy atom. The van der Waals surface area contributed by atoms with Crippen LogP contribution in [0.2, 0.25) is 0 Å². The van der Waals surface area contributed by atoms with Gasteiger partial charge in [-0.1, -0.05) is 0 Å². The number of halogens is 7. The molecule has 2 radical (unpaired) electrons. The van der Waals surface area contributed by atoms with Crippen molar-refractivity contribution in [1.82, 2.24) is 0 Å². The summed E-state index contributed by atoms with van der Waals surface area (Å²) >= 11 is 0. The van der Waals surface area contributed by atoms with E-state index in [2.05, 4.69) is 9.47 Å². The zero-order valence-electron chi connectivity index (χ0n) is 8.04. The van der Waals surface area contributed by atoms with Crippen LogP contribution in [0.5, 0.6) is 0 Å². The van der Waals surface area contributed by atoms with Crippen molar-refractivity contribution >= 4 is 9.52 Å². The summed E-state index contributed by atoms with van der Waals surface area (Å²) in [5, 5.41) is 0. The maximum absolute atomic E-state index is 12.7. The summed E-state index contributed by atoms with van der Waals surface area (Å²) in [5.74, 6) is -7.93. The zero-order chi connectivity index (χ0) is 13.2. The fourth-order valence-electron chi connectivity index (χ4n) is 0.631. The van der Waals surface area contributed by atoms with Gasteiger partial charge in [-0.05, 0) is 0 Å². The first-order valence-corrected chi connectivity index (χ1v) is 4.73. The van der Waals surface area contributed by atoms with Crippen LogP contribution >= 0.6 is 0 Å². The number of ether oxygens (including phenoxy) is 2. The Labute approximate surface area is 88.5 Å². The second-order valence-electron chi connectivity index (χ2n) is 2.59. The Morgan fingerprint density at radius 2 is 1.25 bits per heavy atom. The normalized spacial score (nSPS) is 14.6. The molecule has 0 aromatic rings. The van der Waals surface area contributed by atoms with Gasteiger partial charge in [0, 0.05) is 14.2 Å². The summed E-state index contributed by atoms with van der Waals surface area (Å²) in [6, 6.07) is 0. The Hall–Kier alpha value is -0.353. The van der Waals surface area contributed by atoms with Crippen LogP contribution in [0.4, 0.5) is 30.7 Å². The second-order valence-corrected chi connectivity index (χ2v) is 3.98. The molecule has 10 heteroatoms. The molecule has 16 heavy (non-hydrogen) atoms. The van der Waals surface area contributed by atoms with Crippen LogP contribution in [0.1, 0.15) is 0 Å². The summed E-state index contributed by atoms with van der Waals surface area (Å²) < 4.78 is 93.5. The third-order valence-corrected chi connectivity index (χ3v) is 2.86. The average molecular weight is 272 g/mol. The fraction of sp³-hybridized carbons (Fsp3) is 1.00. The average Bonchev–Trinajstić information content (AvgIpc) is 2.12. The molecule has 0 aliphatic carbocycles. The summed E-state index contributed by atoms with van der Waals surface area (Å²) in [6.45, 7) is 0. The number of alkyl halides is 7. The molecule has 0 atom stereocenters. The molecule has 0 aliphatic heterocycles. The van der Waals surface area contributed by atoms with Crippen molar-refractivity contribution in [3.63, 3.8) is 0 Å². The first-order valence-electron chi connectivity index (χ1n) is 3.65. The van der Waals surface area contributed by atoms with Crippen LogP contribution in [0.3, 0.4) is 0 Å². The third kappa shape index (κ3) is 3.07. The third-order valence-electron chi connectivity index (χ3n) is 1.48. The molecule has 0 aliphatic rings. The van der Waals surface area contributed by atoms with Gasteiger partial charge in [-0.25, -0.2) is 8.78 Å². The van der Waals surface area contributed by atoms with Gasteiger partial charge in [0.25, 0.3) is 0 Å². The van der Waals surface area contributed by atoms with E-state index in [1.807, 2.05) is 0 Å². The highest BCUT2D eigenvalue weighted by Crippen LogP contribution is 2.46. The SMILES string of the molecule is COC(OC)[Si]C(F)(F)C(F)(F)C(F)(F)F. The fourth-order valence-corrected chi connectivity index (χ4v) is 1.49. The van der Waals surface area contributed by atoms with E-state index in [-0.39, 0.29) is 0 Å². The topological polar surface area (TPSA) is 18.5 Å². The first-order chi connectivity index (χ1) is 6.99. The van der Waals surface area contributed by atoms with Gasteiger partial charge in [0.15, 0.2) is 0 Å². The summed E-state index contributed by atoms with van der Waals surface area (Å²) in [6.07, 6.45) is -6.32. The van der Waals surface area contributed by atoms with Crippen LogP contribution in [0, 0.1) is 0 Å². The van der Waals surface area contributed by atoms with Gasteiger partial charge in [-0.3, -0.25) is 0 Å². The van der Waals surface area contributed by atoms with E-state index in [4.69, 9.17) is 0 Å². The molecule has 0 saturated carbocycles. The molecule has 0 N–H and O–H groups in total. The van der Waals surface area contributed by atoms with Gasteiger partial charge in [-0.2, -0.15) is 22.0 Å². The van der Waals surface area contributed by atoms with Gasteiger partial charge in [0.05, 0.1) is 0 Å². The molecule has 0 bridgehead atoms. The van der Waals surface area contributed by atoms with E-state index < -0.39 is 33.1 Å². The quantitative estimate of drug-likeness (QED) is 0.433. The molecule has 0 aromatic carbocycles. The minimum Gasteiger partial charge on any atom is -0.360 e. The molecule has 96 valence electrons. The molecule has 2 nitrogen and oxygen atoms in total. The molecule has 0 unspecified atom stereocenters. The van der Waals surface area contributed by atoms with Crippen LogP contribution in [-0.2, 0) is 9.47 Å². The van der Waals surface area contributed by atoms with E-state index in [1.165, 1.54) is 0 Å². The van der Waals surface area contributed by atoms with Crippen LogP contribution in [0.25, 0.3) is 0 Å². The van der Waals surface area contributed by atoms with Gasteiger partial charge in [-0.15, -0.1) is 0 Å². The number of hydrogen-bond donors (Lipinski definition) is 0. The Kier molecular flexibility index (Phi) is 4.77. The summed E-state index contributed by atoms with van der Waals surface area (Å²) in [5.41, 5.74) is -5.28. The highest BCUT2D eigenvalue weighted by molar-refractivity contribution is 6.40. The molecule has 0 rings (SSSR count). The van der Waals surface area contributed by atoms with Gasteiger partial charge < -0.3 is 9.47 Å². The van der Waals surface area contributed by atoms with E-state index in [9.17, 15) is 30.7 Å². The van der Waals surface area contributed by atoms with Gasteiger partial charge in [0.1, 0.15) is 5.91 Å². The lowest BCUT2D eigenvalue weighted by Crippen LogP contribution is -2.57. The standard InChI is InChI=1S/C6H7F7O2Si/c1-14-3(15-2)16-6(12,13)4(7,8)5(9,10)11/h3H,1-2H3. The largest absolute Gasteiger partial charge is 0.459 e. The van der Waals surface area contributed by atoms with Crippen molar-refractivity contribution in [3.05, 3.63) is 0 Å². The second kappa shape index (κ2) is 4.88. The first kappa shape index (κ1) is 15.6. The van der Waals surface area contributed by atoms with E-state index in [0.717, 1.165) is 14.2 Å². The number of methoxy groups -OCH3 is 2. The van der Waals surface area contributed by atoms with Crippen molar-refractivity contribution in [3.8, 4) is 0 Å². The van der Waals surface area contributed by atoms with E-state index in [0.29, 0.717) is 0 Å². The lowest BCUT2D eigenvalue weighted by Gasteiger charge is -2.29. The van der Waals surface area contributed by atoms with Crippen molar-refractivity contribution in [2.24, 2.45) is 0 Å². The summed E-state index contributed by atoms with van der Waals surface area (Å²) in [4.78, 5) is 0.